The summed E-state index contributed by atoms with van der Waals surface area (Å²) in [6.07, 6.45) is 5.32. The second-order valence-electron chi connectivity index (χ2n) is 5.28. The van der Waals surface area contributed by atoms with Crippen molar-refractivity contribution in [3.8, 4) is 0 Å². The van der Waals surface area contributed by atoms with E-state index in [-0.39, 0.29) is 38.5 Å². The van der Waals surface area contributed by atoms with Crippen molar-refractivity contribution < 1.29 is 37.5 Å². The summed E-state index contributed by atoms with van der Waals surface area (Å²) >= 11 is 0. The van der Waals surface area contributed by atoms with Gasteiger partial charge in [-0.3, -0.25) is 0 Å². The summed E-state index contributed by atoms with van der Waals surface area (Å²) in [5, 5.41) is 0. The molecule has 0 atom stereocenters. The number of rotatable bonds is 6. The van der Waals surface area contributed by atoms with Crippen molar-refractivity contribution in [2.75, 3.05) is 0 Å². The van der Waals surface area contributed by atoms with Crippen molar-refractivity contribution >= 4 is 11.4 Å². The number of Topliss-reactive ketones (excluding diaryl/α,β-unsaturated/α-hetero) is 1. The second-order valence-corrected chi connectivity index (χ2v) is 5.28. The maximum Gasteiger partial charge on any atom is 0.0669 e. The minimum absolute atomic E-state index is 0. The minimum atomic E-state index is 0. The maximum atomic E-state index is 11.6. The van der Waals surface area contributed by atoms with Crippen molar-refractivity contribution in [3.63, 3.8) is 0 Å². The van der Waals surface area contributed by atoms with Crippen LogP contribution >= 0.6 is 0 Å². The number of carbonyl (C=O) groups excluding carboxylic acids is 1. The molecule has 2 heteroatoms. The molecule has 0 aliphatic carbocycles. The van der Waals surface area contributed by atoms with Crippen LogP contribution < -0.4 is 0 Å². The van der Waals surface area contributed by atoms with E-state index in [0.717, 1.165) is 24.0 Å². The smallest absolute Gasteiger partial charge is 0.0669 e. The van der Waals surface area contributed by atoms with E-state index in [2.05, 4.69) is 54.6 Å². The SMILES string of the molecule is CCCC(=O)[C-]=C(C)c1ccc(Cc2ccccc2)cc1.[Y]. The predicted octanol–water partition coefficient (Wildman–Crippen LogP) is 4.85. The molecule has 0 unspecified atom stereocenters. The van der Waals surface area contributed by atoms with Gasteiger partial charge in [0.15, 0.2) is 0 Å². The average Bonchev–Trinajstić information content (AvgIpc) is 2.49. The molecule has 0 heterocycles. The molecule has 111 valence electrons. The predicted molar refractivity (Wildman–Crippen MR) is 87.9 cm³/mol. The molecule has 0 aliphatic heterocycles. The molecule has 0 saturated carbocycles. The Bertz CT molecular complexity index is 612. The quantitative estimate of drug-likeness (QED) is 0.528. The summed E-state index contributed by atoms with van der Waals surface area (Å²) in [5.41, 5.74) is 4.57. The van der Waals surface area contributed by atoms with Gasteiger partial charge < -0.3 is 4.79 Å². The third-order valence-corrected chi connectivity index (χ3v) is 3.44. The van der Waals surface area contributed by atoms with Crippen molar-refractivity contribution in [2.45, 2.75) is 33.1 Å². The molecular formula is C20H21OY-. The van der Waals surface area contributed by atoms with E-state index >= 15 is 0 Å². The van der Waals surface area contributed by atoms with Crippen LogP contribution in [0.5, 0.6) is 0 Å². The zero-order valence-corrected chi connectivity index (χ0v) is 16.1. The van der Waals surface area contributed by atoms with Gasteiger partial charge >= 0.3 is 0 Å². The Hall–Kier alpha value is -1.05. The van der Waals surface area contributed by atoms with Gasteiger partial charge in [0.1, 0.15) is 0 Å². The first kappa shape index (κ1) is 19.0. The fraction of sp³-hybridized carbons (Fsp3) is 0.250. The molecule has 22 heavy (non-hydrogen) atoms. The Morgan fingerprint density at radius 1 is 0.955 bits per heavy atom. The number of allylic oxidation sites excluding steroid dienone is 2. The standard InChI is InChI=1S/C20H21O.Y/c1-3-7-20(21)14-16(2)19-12-10-18(11-13-19)15-17-8-5-4-6-9-17;/h4-6,8-13H,3,7,15H2,1-2H3;/q-1;. The average molecular weight is 366 g/mol. The van der Waals surface area contributed by atoms with E-state index in [0.29, 0.717) is 6.42 Å². The molecule has 1 radical (unpaired) electrons. The Kier molecular flexibility index (Phi) is 8.52. The van der Waals surface area contributed by atoms with Crippen LogP contribution in [0.1, 0.15) is 43.4 Å². The summed E-state index contributed by atoms with van der Waals surface area (Å²) in [5.74, 6) is 0.0864. The third-order valence-electron chi connectivity index (χ3n) is 3.44. The molecule has 2 aromatic rings. The topological polar surface area (TPSA) is 17.1 Å². The Morgan fingerprint density at radius 2 is 1.55 bits per heavy atom. The molecule has 0 aliphatic rings. The normalized spacial score (nSPS) is 10.9. The van der Waals surface area contributed by atoms with Gasteiger partial charge in [-0.1, -0.05) is 62.7 Å². The van der Waals surface area contributed by atoms with Gasteiger partial charge in [-0.15, -0.1) is 12.1 Å². The van der Waals surface area contributed by atoms with Crippen LogP contribution in [0, 0.1) is 6.08 Å². The van der Waals surface area contributed by atoms with Crippen LogP contribution in [-0.2, 0) is 43.9 Å². The van der Waals surface area contributed by atoms with Gasteiger partial charge in [-0.2, -0.15) is 5.56 Å². The zero-order valence-electron chi connectivity index (χ0n) is 13.3. The van der Waals surface area contributed by atoms with Crippen molar-refractivity contribution in [2.24, 2.45) is 0 Å². The van der Waals surface area contributed by atoms with Crippen LogP contribution in [-0.4, -0.2) is 5.78 Å². The van der Waals surface area contributed by atoms with E-state index < -0.39 is 0 Å². The largest absolute Gasteiger partial charge is 0.317 e. The first-order chi connectivity index (χ1) is 10.2. The van der Waals surface area contributed by atoms with E-state index in [4.69, 9.17) is 0 Å². The van der Waals surface area contributed by atoms with E-state index in [1.54, 1.807) is 0 Å². The first-order valence-corrected chi connectivity index (χ1v) is 7.45. The molecule has 2 rings (SSSR count). The van der Waals surface area contributed by atoms with Crippen LogP contribution in [0.25, 0.3) is 5.57 Å². The summed E-state index contributed by atoms with van der Waals surface area (Å²) in [6.45, 7) is 3.95. The Labute approximate surface area is 158 Å². The second kappa shape index (κ2) is 9.87. The molecule has 0 aromatic heterocycles. The number of hydrogen-bond acceptors (Lipinski definition) is 1. The Balaban J connectivity index is 0.00000242. The van der Waals surface area contributed by atoms with Crippen LogP contribution in [0.3, 0.4) is 0 Å². The Morgan fingerprint density at radius 3 is 2.14 bits per heavy atom. The molecule has 0 saturated heterocycles. The van der Waals surface area contributed by atoms with Crippen molar-refractivity contribution in [1.29, 1.82) is 0 Å². The van der Waals surface area contributed by atoms with Crippen LogP contribution in [0.15, 0.2) is 54.6 Å². The summed E-state index contributed by atoms with van der Waals surface area (Å²) in [7, 11) is 0. The fourth-order valence-corrected chi connectivity index (χ4v) is 2.28. The van der Waals surface area contributed by atoms with Gasteiger partial charge in [0.05, 0.1) is 5.78 Å². The van der Waals surface area contributed by atoms with Crippen molar-refractivity contribution in [3.05, 3.63) is 77.4 Å². The van der Waals surface area contributed by atoms with Crippen LogP contribution in [0.4, 0.5) is 0 Å². The molecule has 0 fully saturated rings. The number of carbonyl (C=O) groups is 1. The van der Waals surface area contributed by atoms with Gasteiger partial charge in [0, 0.05) is 32.7 Å². The number of ketones is 1. The first-order valence-electron chi connectivity index (χ1n) is 7.45. The van der Waals surface area contributed by atoms with E-state index in [1.165, 1.54) is 11.1 Å². The molecule has 0 spiro atoms. The monoisotopic (exact) mass is 366 g/mol. The van der Waals surface area contributed by atoms with Crippen molar-refractivity contribution in [1.82, 2.24) is 0 Å². The van der Waals surface area contributed by atoms with Gasteiger partial charge in [-0.05, 0) is 24.0 Å². The zero-order chi connectivity index (χ0) is 15.1. The van der Waals surface area contributed by atoms with Crippen LogP contribution in [0.2, 0.25) is 0 Å². The maximum absolute atomic E-state index is 11.6. The van der Waals surface area contributed by atoms with Gasteiger partial charge in [0.2, 0.25) is 0 Å². The summed E-state index contributed by atoms with van der Waals surface area (Å²) in [4.78, 5) is 11.6. The third kappa shape index (κ3) is 5.98. The summed E-state index contributed by atoms with van der Waals surface area (Å²) in [6, 6.07) is 18.8. The molecule has 0 N–H and O–H groups in total. The van der Waals surface area contributed by atoms with E-state index in [9.17, 15) is 4.79 Å². The van der Waals surface area contributed by atoms with E-state index in [1.807, 2.05) is 19.9 Å². The fourth-order valence-electron chi connectivity index (χ4n) is 2.28. The number of benzene rings is 2. The minimum Gasteiger partial charge on any atom is -0.317 e. The number of hydrogen-bond donors (Lipinski definition) is 0. The molecule has 0 bridgehead atoms. The molecule has 2 aromatic carbocycles. The molecular weight excluding hydrogens is 345 g/mol. The van der Waals surface area contributed by atoms with Gasteiger partial charge in [0.25, 0.3) is 0 Å². The van der Waals surface area contributed by atoms with Gasteiger partial charge in [-0.25, -0.2) is 11.6 Å². The molecule has 0 amide bonds. The molecule has 1 nitrogen and oxygen atoms in total. The summed E-state index contributed by atoms with van der Waals surface area (Å²) < 4.78 is 0.